The van der Waals surface area contributed by atoms with Gasteiger partial charge < -0.3 is 5.73 Å². The lowest BCUT2D eigenvalue weighted by Crippen LogP contribution is -1.82. The smallest absolute Gasteiger partial charge is 0.180 e. The van der Waals surface area contributed by atoms with Gasteiger partial charge in [-0.2, -0.15) is 0 Å². The summed E-state index contributed by atoms with van der Waals surface area (Å²) in [7, 11) is 0. The number of hydrogen-bond acceptors (Lipinski definition) is 5. The lowest BCUT2D eigenvalue weighted by Gasteiger charge is -1.84. The summed E-state index contributed by atoms with van der Waals surface area (Å²) in [6.45, 7) is 1.98. The molecule has 5 heteroatoms. The van der Waals surface area contributed by atoms with Crippen molar-refractivity contribution in [3.63, 3.8) is 0 Å². The Morgan fingerprint density at radius 3 is 2.33 bits per heavy atom. The number of nitrogen functional groups attached to an aromatic ring is 1. The predicted octanol–water partition coefficient (Wildman–Crippen LogP) is 2.16. The van der Waals surface area contributed by atoms with E-state index in [-0.39, 0.29) is 0 Å². The molecule has 2 rings (SSSR count). The minimum atomic E-state index is 0.593. The van der Waals surface area contributed by atoms with Crippen LogP contribution in [0.15, 0.2) is 10.8 Å². The van der Waals surface area contributed by atoms with Gasteiger partial charge in [0.15, 0.2) is 5.13 Å². The van der Waals surface area contributed by atoms with E-state index in [1.54, 1.807) is 11.3 Å². The molecule has 0 fully saturated rings. The zero-order valence-electron chi connectivity index (χ0n) is 6.44. The number of nitrogens with zero attached hydrogens (tertiary/aromatic N) is 2. The maximum absolute atomic E-state index is 5.51. The molecule has 0 aliphatic rings. The Hall–Kier alpha value is -0.940. The van der Waals surface area contributed by atoms with E-state index in [4.69, 9.17) is 5.73 Å². The highest BCUT2D eigenvalue weighted by Crippen LogP contribution is 2.23. The summed E-state index contributed by atoms with van der Waals surface area (Å²) in [5.74, 6) is 0. The normalized spacial score (nSPS) is 10.4. The van der Waals surface area contributed by atoms with Gasteiger partial charge in [0.05, 0.1) is 5.01 Å². The van der Waals surface area contributed by atoms with Gasteiger partial charge >= 0.3 is 0 Å². The van der Waals surface area contributed by atoms with Crippen LogP contribution in [0.5, 0.6) is 0 Å². The van der Waals surface area contributed by atoms with E-state index in [9.17, 15) is 0 Å². The Labute approximate surface area is 77.9 Å². The van der Waals surface area contributed by atoms with Crippen LogP contribution >= 0.6 is 22.7 Å². The van der Waals surface area contributed by atoms with Gasteiger partial charge in [-0.05, 0) is 6.92 Å². The van der Waals surface area contributed by atoms with Crippen molar-refractivity contribution in [2.24, 2.45) is 0 Å². The molecule has 0 spiro atoms. The molecular weight excluding hydrogens is 190 g/mol. The van der Waals surface area contributed by atoms with Crippen molar-refractivity contribution < 1.29 is 0 Å². The SMILES string of the molecule is Cc1nc(-c2csc(N)n2)cs1. The highest BCUT2D eigenvalue weighted by Gasteiger charge is 2.04. The molecule has 0 aliphatic heterocycles. The number of aryl methyl sites for hydroxylation is 1. The largest absolute Gasteiger partial charge is 0.375 e. The number of anilines is 1. The van der Waals surface area contributed by atoms with Crippen molar-refractivity contribution in [1.29, 1.82) is 0 Å². The van der Waals surface area contributed by atoms with Crippen molar-refractivity contribution in [2.75, 3.05) is 5.73 Å². The molecule has 0 aromatic carbocycles. The standard InChI is InChI=1S/C7H7N3S2/c1-4-9-5(2-11-4)6-3-12-7(8)10-6/h2-3H,1H3,(H2,8,10). The van der Waals surface area contributed by atoms with E-state index in [2.05, 4.69) is 9.97 Å². The lowest BCUT2D eigenvalue weighted by molar-refractivity contribution is 1.27. The number of nitrogens with two attached hydrogens (primary N) is 1. The van der Waals surface area contributed by atoms with Gasteiger partial charge in [0.25, 0.3) is 0 Å². The van der Waals surface area contributed by atoms with Crippen molar-refractivity contribution in [1.82, 2.24) is 9.97 Å². The minimum Gasteiger partial charge on any atom is -0.375 e. The molecule has 0 unspecified atom stereocenters. The minimum absolute atomic E-state index is 0.593. The fraction of sp³-hybridized carbons (Fsp3) is 0.143. The van der Waals surface area contributed by atoms with Gasteiger partial charge in [0.1, 0.15) is 11.4 Å². The first-order chi connectivity index (χ1) is 5.75. The van der Waals surface area contributed by atoms with Crippen molar-refractivity contribution in [2.45, 2.75) is 6.92 Å². The highest BCUT2D eigenvalue weighted by atomic mass is 32.1. The monoisotopic (exact) mass is 197 g/mol. The van der Waals surface area contributed by atoms with E-state index < -0.39 is 0 Å². The first kappa shape index (κ1) is 7.70. The van der Waals surface area contributed by atoms with E-state index in [0.29, 0.717) is 5.13 Å². The molecule has 0 radical (unpaired) electrons. The molecule has 0 amide bonds. The molecule has 0 bridgehead atoms. The Morgan fingerprint density at radius 2 is 1.83 bits per heavy atom. The van der Waals surface area contributed by atoms with Gasteiger partial charge in [-0.15, -0.1) is 22.7 Å². The third-order valence-electron chi connectivity index (χ3n) is 1.40. The summed E-state index contributed by atoms with van der Waals surface area (Å²) in [4.78, 5) is 8.44. The Balaban J connectivity index is 2.43. The number of aromatic nitrogens is 2. The Bertz CT molecular complexity index is 353. The second-order valence-electron chi connectivity index (χ2n) is 2.32. The van der Waals surface area contributed by atoms with Gasteiger partial charge in [-0.25, -0.2) is 9.97 Å². The number of hydrogen-bond donors (Lipinski definition) is 1. The zero-order valence-corrected chi connectivity index (χ0v) is 8.08. The molecular formula is C7H7N3S2. The van der Waals surface area contributed by atoms with Crippen LogP contribution in [0.3, 0.4) is 0 Å². The van der Waals surface area contributed by atoms with Gasteiger partial charge in [0, 0.05) is 10.8 Å². The van der Waals surface area contributed by atoms with Crippen LogP contribution in [0.2, 0.25) is 0 Å². The number of rotatable bonds is 1. The summed E-state index contributed by atoms with van der Waals surface area (Å²) in [5.41, 5.74) is 7.30. The summed E-state index contributed by atoms with van der Waals surface area (Å²) in [6, 6.07) is 0. The van der Waals surface area contributed by atoms with Crippen LogP contribution in [-0.4, -0.2) is 9.97 Å². The van der Waals surface area contributed by atoms with Gasteiger partial charge in [0.2, 0.25) is 0 Å². The molecule has 2 aromatic heterocycles. The van der Waals surface area contributed by atoms with Crippen LogP contribution in [-0.2, 0) is 0 Å². The first-order valence-corrected chi connectivity index (χ1v) is 5.15. The van der Waals surface area contributed by atoms with E-state index in [0.717, 1.165) is 16.4 Å². The summed E-state index contributed by atoms with van der Waals surface area (Å²) < 4.78 is 0. The zero-order chi connectivity index (χ0) is 8.55. The van der Waals surface area contributed by atoms with E-state index in [1.165, 1.54) is 11.3 Å². The van der Waals surface area contributed by atoms with Crippen molar-refractivity contribution >= 4 is 27.8 Å². The third-order valence-corrected chi connectivity index (χ3v) is 2.85. The summed E-state index contributed by atoms with van der Waals surface area (Å²) >= 11 is 3.06. The number of thiazole rings is 2. The molecule has 3 nitrogen and oxygen atoms in total. The topological polar surface area (TPSA) is 51.8 Å². The van der Waals surface area contributed by atoms with Crippen LogP contribution in [0.1, 0.15) is 5.01 Å². The van der Waals surface area contributed by atoms with Crippen LogP contribution in [0, 0.1) is 6.92 Å². The van der Waals surface area contributed by atoms with Crippen molar-refractivity contribution in [3.05, 3.63) is 15.8 Å². The van der Waals surface area contributed by atoms with E-state index in [1.807, 2.05) is 17.7 Å². The van der Waals surface area contributed by atoms with Crippen LogP contribution in [0.25, 0.3) is 11.4 Å². The molecule has 2 N–H and O–H groups in total. The summed E-state index contributed by atoms with van der Waals surface area (Å²) in [6.07, 6.45) is 0. The second-order valence-corrected chi connectivity index (χ2v) is 4.27. The van der Waals surface area contributed by atoms with Gasteiger partial charge in [-0.3, -0.25) is 0 Å². The van der Waals surface area contributed by atoms with Crippen molar-refractivity contribution in [3.8, 4) is 11.4 Å². The fourth-order valence-corrected chi connectivity index (χ4v) is 2.05. The predicted molar refractivity (Wildman–Crippen MR) is 52.4 cm³/mol. The lowest BCUT2D eigenvalue weighted by atomic mass is 10.4. The molecule has 0 saturated carbocycles. The summed E-state index contributed by atoms with van der Waals surface area (Å²) in [5, 5.41) is 5.56. The average molecular weight is 197 g/mol. The molecule has 0 atom stereocenters. The molecule has 62 valence electrons. The Kier molecular flexibility index (Phi) is 1.82. The third kappa shape index (κ3) is 1.33. The van der Waals surface area contributed by atoms with E-state index >= 15 is 0 Å². The van der Waals surface area contributed by atoms with Crippen LogP contribution in [0.4, 0.5) is 5.13 Å². The highest BCUT2D eigenvalue weighted by molar-refractivity contribution is 7.13. The maximum atomic E-state index is 5.51. The first-order valence-electron chi connectivity index (χ1n) is 3.39. The fourth-order valence-electron chi connectivity index (χ4n) is 0.886. The molecule has 0 saturated heterocycles. The molecule has 2 aromatic rings. The quantitative estimate of drug-likeness (QED) is 0.762. The molecule has 2 heterocycles. The molecule has 0 aliphatic carbocycles. The Morgan fingerprint density at radius 1 is 1.17 bits per heavy atom. The van der Waals surface area contributed by atoms with Gasteiger partial charge in [-0.1, -0.05) is 0 Å². The second kappa shape index (κ2) is 2.84. The average Bonchev–Trinajstić information content (AvgIpc) is 2.58. The molecule has 12 heavy (non-hydrogen) atoms. The van der Waals surface area contributed by atoms with Crippen LogP contribution < -0.4 is 5.73 Å². The maximum Gasteiger partial charge on any atom is 0.180 e.